The lowest BCUT2D eigenvalue weighted by molar-refractivity contribution is 0.0988. The summed E-state index contributed by atoms with van der Waals surface area (Å²) in [6.07, 6.45) is 1.07. The molecule has 0 atom stereocenters. The van der Waals surface area contributed by atoms with Gasteiger partial charge < -0.3 is 14.2 Å². The van der Waals surface area contributed by atoms with E-state index in [1.165, 1.54) is 6.92 Å². The van der Waals surface area contributed by atoms with Crippen molar-refractivity contribution in [3.05, 3.63) is 17.9 Å². The van der Waals surface area contributed by atoms with Gasteiger partial charge in [-0.1, -0.05) is 0 Å². The number of carbonyl (C=O) groups excluding carboxylic acids is 1. The molecule has 0 spiro atoms. The zero-order valence-electron chi connectivity index (χ0n) is 10.5. The van der Waals surface area contributed by atoms with Gasteiger partial charge in [0, 0.05) is 26.6 Å². The number of nitrogens with zero attached hydrogens (tertiary/aromatic N) is 2. The molecule has 1 aromatic heterocycles. The number of carbonyl (C=O) groups is 1. The quantitative estimate of drug-likeness (QED) is 0.691. The minimum Gasteiger partial charge on any atom is -0.437 e. The van der Waals surface area contributed by atoms with E-state index < -0.39 is 0 Å². The first-order chi connectivity index (χ1) is 7.50. The Morgan fingerprint density at radius 3 is 2.44 bits per heavy atom. The molecule has 0 aromatic carbocycles. The SMILES string of the molecule is CC(=O)c1ccc(N(C)CCCN(C)C)o1. The van der Waals surface area contributed by atoms with E-state index in [2.05, 4.69) is 19.0 Å². The molecule has 0 bridgehead atoms. The molecule has 1 aromatic rings. The van der Waals surface area contributed by atoms with E-state index in [4.69, 9.17) is 4.42 Å². The predicted molar refractivity (Wildman–Crippen MR) is 65.2 cm³/mol. The topological polar surface area (TPSA) is 36.7 Å². The first-order valence-corrected chi connectivity index (χ1v) is 5.47. The summed E-state index contributed by atoms with van der Waals surface area (Å²) in [5, 5.41) is 0. The maximum atomic E-state index is 11.1. The smallest absolute Gasteiger partial charge is 0.196 e. The number of anilines is 1. The average molecular weight is 224 g/mol. The summed E-state index contributed by atoms with van der Waals surface area (Å²) in [7, 11) is 6.08. The van der Waals surface area contributed by atoms with Crippen molar-refractivity contribution in [2.75, 3.05) is 39.1 Å². The van der Waals surface area contributed by atoms with Crippen molar-refractivity contribution in [1.82, 2.24) is 4.90 Å². The van der Waals surface area contributed by atoms with Crippen molar-refractivity contribution in [3.8, 4) is 0 Å². The molecular weight excluding hydrogens is 204 g/mol. The van der Waals surface area contributed by atoms with Crippen LogP contribution in [0, 0.1) is 0 Å². The number of hydrogen-bond acceptors (Lipinski definition) is 4. The fourth-order valence-corrected chi connectivity index (χ4v) is 1.46. The van der Waals surface area contributed by atoms with Crippen molar-refractivity contribution in [3.63, 3.8) is 0 Å². The van der Waals surface area contributed by atoms with E-state index in [0.717, 1.165) is 25.4 Å². The number of hydrogen-bond donors (Lipinski definition) is 0. The molecule has 4 heteroatoms. The first kappa shape index (κ1) is 12.8. The predicted octanol–water partition coefficient (Wildman–Crippen LogP) is 1.87. The van der Waals surface area contributed by atoms with Crippen LogP contribution in [0.2, 0.25) is 0 Å². The van der Waals surface area contributed by atoms with Crippen molar-refractivity contribution < 1.29 is 9.21 Å². The Kier molecular flexibility index (Phi) is 4.55. The lowest BCUT2D eigenvalue weighted by Gasteiger charge is -2.17. The second kappa shape index (κ2) is 5.70. The summed E-state index contributed by atoms with van der Waals surface area (Å²) >= 11 is 0. The maximum absolute atomic E-state index is 11.1. The van der Waals surface area contributed by atoms with Gasteiger partial charge in [0.1, 0.15) is 0 Å². The highest BCUT2D eigenvalue weighted by Gasteiger charge is 2.09. The molecule has 1 heterocycles. The summed E-state index contributed by atoms with van der Waals surface area (Å²) in [6, 6.07) is 3.56. The van der Waals surface area contributed by atoms with Crippen LogP contribution in [0.1, 0.15) is 23.9 Å². The van der Waals surface area contributed by atoms with Crippen LogP contribution >= 0.6 is 0 Å². The van der Waals surface area contributed by atoms with Crippen LogP contribution in [0.5, 0.6) is 0 Å². The number of furan rings is 1. The van der Waals surface area contributed by atoms with Crippen LogP contribution in [0.15, 0.2) is 16.5 Å². The Morgan fingerprint density at radius 2 is 1.94 bits per heavy atom. The van der Waals surface area contributed by atoms with Gasteiger partial charge in [0.15, 0.2) is 17.4 Å². The standard InChI is InChI=1S/C12H20N2O2/c1-10(15)11-6-7-12(16-11)14(4)9-5-8-13(2)3/h6-7H,5,8-9H2,1-4H3. The summed E-state index contributed by atoms with van der Waals surface area (Å²) in [5.74, 6) is 1.14. The zero-order chi connectivity index (χ0) is 12.1. The number of rotatable bonds is 6. The molecule has 0 unspecified atom stereocenters. The molecular formula is C12H20N2O2. The lowest BCUT2D eigenvalue weighted by Crippen LogP contribution is -2.22. The van der Waals surface area contributed by atoms with E-state index in [0.29, 0.717) is 5.76 Å². The third-order valence-electron chi connectivity index (χ3n) is 2.41. The van der Waals surface area contributed by atoms with Gasteiger partial charge in [0.25, 0.3) is 0 Å². The molecule has 0 amide bonds. The van der Waals surface area contributed by atoms with Crippen molar-refractivity contribution in [2.24, 2.45) is 0 Å². The Bertz CT molecular complexity index is 345. The van der Waals surface area contributed by atoms with E-state index in [-0.39, 0.29) is 5.78 Å². The molecule has 0 radical (unpaired) electrons. The Balaban J connectivity index is 2.46. The van der Waals surface area contributed by atoms with Crippen LogP contribution in [0.25, 0.3) is 0 Å². The Morgan fingerprint density at radius 1 is 1.25 bits per heavy atom. The molecule has 0 aliphatic carbocycles. The van der Waals surface area contributed by atoms with Crippen molar-refractivity contribution >= 4 is 11.7 Å². The van der Waals surface area contributed by atoms with Gasteiger partial charge in [-0.15, -0.1) is 0 Å². The van der Waals surface area contributed by atoms with Crippen LogP contribution < -0.4 is 4.90 Å². The third-order valence-corrected chi connectivity index (χ3v) is 2.41. The second-order valence-electron chi connectivity index (χ2n) is 4.27. The molecule has 0 N–H and O–H groups in total. The normalized spacial score (nSPS) is 10.8. The molecule has 0 fully saturated rings. The molecule has 0 saturated carbocycles. The summed E-state index contributed by atoms with van der Waals surface area (Å²) in [5.41, 5.74) is 0. The minimum atomic E-state index is -0.0343. The van der Waals surface area contributed by atoms with E-state index in [1.54, 1.807) is 6.07 Å². The lowest BCUT2D eigenvalue weighted by atomic mass is 10.3. The van der Waals surface area contributed by atoms with Gasteiger partial charge in [0.05, 0.1) is 0 Å². The number of ketones is 1. The molecule has 4 nitrogen and oxygen atoms in total. The summed E-state index contributed by atoms with van der Waals surface area (Å²) < 4.78 is 5.43. The molecule has 90 valence electrons. The highest BCUT2D eigenvalue weighted by Crippen LogP contribution is 2.17. The molecule has 0 aliphatic rings. The largest absolute Gasteiger partial charge is 0.437 e. The van der Waals surface area contributed by atoms with Crippen LogP contribution in [-0.2, 0) is 0 Å². The summed E-state index contributed by atoms with van der Waals surface area (Å²) in [6.45, 7) is 3.47. The molecule has 16 heavy (non-hydrogen) atoms. The molecule has 0 saturated heterocycles. The molecule has 1 rings (SSSR count). The van der Waals surface area contributed by atoms with E-state index in [1.807, 2.05) is 18.0 Å². The Hall–Kier alpha value is -1.29. The van der Waals surface area contributed by atoms with Gasteiger partial charge in [-0.3, -0.25) is 4.79 Å². The minimum absolute atomic E-state index is 0.0343. The van der Waals surface area contributed by atoms with E-state index in [9.17, 15) is 4.79 Å². The van der Waals surface area contributed by atoms with E-state index >= 15 is 0 Å². The second-order valence-corrected chi connectivity index (χ2v) is 4.27. The van der Waals surface area contributed by atoms with Crippen LogP contribution in [0.4, 0.5) is 5.88 Å². The first-order valence-electron chi connectivity index (χ1n) is 5.47. The van der Waals surface area contributed by atoms with Gasteiger partial charge in [-0.25, -0.2) is 0 Å². The van der Waals surface area contributed by atoms with Gasteiger partial charge in [0.2, 0.25) is 0 Å². The fraction of sp³-hybridized carbons (Fsp3) is 0.583. The van der Waals surface area contributed by atoms with Crippen molar-refractivity contribution in [1.29, 1.82) is 0 Å². The molecule has 0 aliphatic heterocycles. The van der Waals surface area contributed by atoms with Gasteiger partial charge in [-0.05, 0) is 33.1 Å². The van der Waals surface area contributed by atoms with Gasteiger partial charge >= 0.3 is 0 Å². The van der Waals surface area contributed by atoms with Gasteiger partial charge in [-0.2, -0.15) is 0 Å². The van der Waals surface area contributed by atoms with Crippen LogP contribution in [-0.4, -0.2) is 44.9 Å². The highest BCUT2D eigenvalue weighted by atomic mass is 16.4. The Labute approximate surface area is 96.8 Å². The third kappa shape index (κ3) is 3.70. The number of Topliss-reactive ketones (excluding diaryl/α,β-unsaturated/α-hetero) is 1. The highest BCUT2D eigenvalue weighted by molar-refractivity contribution is 5.91. The maximum Gasteiger partial charge on any atom is 0.196 e. The monoisotopic (exact) mass is 224 g/mol. The van der Waals surface area contributed by atoms with Crippen molar-refractivity contribution in [2.45, 2.75) is 13.3 Å². The fourth-order valence-electron chi connectivity index (χ4n) is 1.46. The van der Waals surface area contributed by atoms with Crippen LogP contribution in [0.3, 0.4) is 0 Å². The zero-order valence-corrected chi connectivity index (χ0v) is 10.5. The average Bonchev–Trinajstić information content (AvgIpc) is 2.65. The summed E-state index contributed by atoms with van der Waals surface area (Å²) in [4.78, 5) is 15.2.